The third kappa shape index (κ3) is 6.02. The number of carbonyl (C=O) groups excluding carboxylic acids is 1. The first-order valence-electron chi connectivity index (χ1n) is 5.89. The second-order valence-corrected chi connectivity index (χ2v) is 5.70. The Labute approximate surface area is 126 Å². The van der Waals surface area contributed by atoms with Crippen molar-refractivity contribution in [1.29, 1.82) is 0 Å². The van der Waals surface area contributed by atoms with Gasteiger partial charge in [-0.1, -0.05) is 6.07 Å². The summed E-state index contributed by atoms with van der Waals surface area (Å²) >= 11 is 2.16. The van der Waals surface area contributed by atoms with Gasteiger partial charge in [0.1, 0.15) is 0 Å². The number of carbonyl (C=O) groups is 2. The molecule has 1 rings (SSSR count). The van der Waals surface area contributed by atoms with Crippen molar-refractivity contribution in [2.24, 2.45) is 0 Å². The van der Waals surface area contributed by atoms with Gasteiger partial charge in [-0.15, -0.1) is 0 Å². The number of hydrogen-bond donors (Lipinski definition) is 2. The van der Waals surface area contributed by atoms with Crippen LogP contribution in [-0.2, 0) is 9.59 Å². The molecule has 0 radical (unpaired) electrons. The Balaban J connectivity index is 2.60. The lowest BCUT2D eigenvalue weighted by Crippen LogP contribution is -2.41. The Bertz CT molecular complexity index is 463. The highest BCUT2D eigenvalue weighted by Gasteiger charge is 2.16. The second kappa shape index (κ2) is 7.44. The number of anilines is 1. The van der Waals surface area contributed by atoms with Gasteiger partial charge in [-0.3, -0.25) is 14.5 Å². The van der Waals surface area contributed by atoms with Crippen LogP contribution in [0.15, 0.2) is 24.3 Å². The summed E-state index contributed by atoms with van der Waals surface area (Å²) in [7, 11) is 0. The molecule has 0 bridgehead atoms. The Kier molecular flexibility index (Phi) is 6.23. The molecule has 6 heteroatoms. The van der Waals surface area contributed by atoms with Gasteiger partial charge in [-0.05, 0) is 54.6 Å². The molecule has 0 saturated carbocycles. The van der Waals surface area contributed by atoms with Crippen molar-refractivity contribution in [3.8, 4) is 0 Å². The van der Waals surface area contributed by atoms with E-state index in [2.05, 4.69) is 27.9 Å². The minimum Gasteiger partial charge on any atom is -0.480 e. The van der Waals surface area contributed by atoms with Crippen molar-refractivity contribution in [2.75, 3.05) is 18.4 Å². The van der Waals surface area contributed by atoms with Gasteiger partial charge in [0.05, 0.1) is 13.1 Å². The van der Waals surface area contributed by atoms with Crippen LogP contribution in [0.5, 0.6) is 0 Å². The summed E-state index contributed by atoms with van der Waals surface area (Å²) in [5.41, 5.74) is 0.718. The maximum Gasteiger partial charge on any atom is 0.317 e. The van der Waals surface area contributed by atoms with Crippen molar-refractivity contribution in [1.82, 2.24) is 4.90 Å². The van der Waals surface area contributed by atoms with E-state index in [1.807, 2.05) is 32.0 Å². The zero-order valence-corrected chi connectivity index (χ0v) is 13.0. The van der Waals surface area contributed by atoms with E-state index in [0.717, 1.165) is 9.26 Å². The zero-order chi connectivity index (χ0) is 14.4. The average molecular weight is 376 g/mol. The molecular formula is C13H17IN2O3. The van der Waals surface area contributed by atoms with E-state index in [-0.39, 0.29) is 25.0 Å². The molecule has 0 aliphatic rings. The number of aliphatic carboxylic acids is 1. The smallest absolute Gasteiger partial charge is 0.317 e. The molecule has 0 saturated heterocycles. The first-order chi connectivity index (χ1) is 8.88. The van der Waals surface area contributed by atoms with E-state index in [1.54, 1.807) is 11.0 Å². The minimum absolute atomic E-state index is 0.00207. The Morgan fingerprint density at radius 1 is 1.37 bits per heavy atom. The first kappa shape index (κ1) is 15.9. The van der Waals surface area contributed by atoms with Crippen LogP contribution in [0.25, 0.3) is 0 Å². The Hall–Kier alpha value is -1.15. The Morgan fingerprint density at radius 3 is 2.58 bits per heavy atom. The standard InChI is InChI=1S/C13H17IN2O3/c1-9(2)16(8-13(18)19)7-12(17)15-11-5-3-4-10(14)6-11/h3-6,9H,7-8H2,1-2H3,(H,15,17)(H,18,19). The molecule has 1 aromatic carbocycles. The van der Waals surface area contributed by atoms with Crippen molar-refractivity contribution < 1.29 is 14.7 Å². The summed E-state index contributed by atoms with van der Waals surface area (Å²) in [4.78, 5) is 24.2. The fourth-order valence-corrected chi connectivity index (χ4v) is 2.09. The molecule has 0 aromatic heterocycles. The summed E-state index contributed by atoms with van der Waals surface area (Å²) in [6.07, 6.45) is 0. The summed E-state index contributed by atoms with van der Waals surface area (Å²) in [5, 5.41) is 11.6. The van der Waals surface area contributed by atoms with Crippen LogP contribution in [-0.4, -0.2) is 41.0 Å². The van der Waals surface area contributed by atoms with Gasteiger partial charge in [0.25, 0.3) is 0 Å². The number of carboxylic acids is 1. The third-order valence-corrected chi connectivity index (χ3v) is 3.19. The van der Waals surface area contributed by atoms with Gasteiger partial charge in [0.2, 0.25) is 5.91 Å². The molecule has 1 amide bonds. The second-order valence-electron chi connectivity index (χ2n) is 4.45. The highest BCUT2D eigenvalue weighted by molar-refractivity contribution is 14.1. The summed E-state index contributed by atoms with van der Waals surface area (Å²) in [5.74, 6) is -1.15. The predicted octanol–water partition coefficient (Wildman–Crippen LogP) is 2.02. The molecule has 2 N–H and O–H groups in total. The number of nitrogens with zero attached hydrogens (tertiary/aromatic N) is 1. The SMILES string of the molecule is CC(C)N(CC(=O)O)CC(=O)Nc1cccc(I)c1. The fraction of sp³-hybridized carbons (Fsp3) is 0.385. The van der Waals surface area contributed by atoms with Gasteiger partial charge < -0.3 is 10.4 Å². The van der Waals surface area contributed by atoms with E-state index in [0.29, 0.717) is 0 Å². The fourth-order valence-electron chi connectivity index (χ4n) is 1.55. The molecule has 0 unspecified atom stereocenters. The highest BCUT2D eigenvalue weighted by Crippen LogP contribution is 2.12. The lowest BCUT2D eigenvalue weighted by molar-refractivity contribution is -0.139. The molecule has 104 valence electrons. The molecule has 19 heavy (non-hydrogen) atoms. The van der Waals surface area contributed by atoms with Gasteiger partial charge in [-0.2, -0.15) is 0 Å². The van der Waals surface area contributed by atoms with E-state index < -0.39 is 5.97 Å². The molecular weight excluding hydrogens is 359 g/mol. The van der Waals surface area contributed by atoms with E-state index in [4.69, 9.17) is 5.11 Å². The summed E-state index contributed by atoms with van der Waals surface area (Å²) in [6, 6.07) is 7.44. The predicted molar refractivity (Wildman–Crippen MR) is 82.1 cm³/mol. The number of rotatable bonds is 6. The minimum atomic E-state index is -0.934. The number of halogens is 1. The summed E-state index contributed by atoms with van der Waals surface area (Å²) < 4.78 is 1.03. The van der Waals surface area contributed by atoms with Crippen molar-refractivity contribution in [2.45, 2.75) is 19.9 Å². The number of hydrogen-bond acceptors (Lipinski definition) is 3. The van der Waals surface area contributed by atoms with Crippen molar-refractivity contribution >= 4 is 40.2 Å². The van der Waals surface area contributed by atoms with Crippen LogP contribution in [0.2, 0.25) is 0 Å². The maximum absolute atomic E-state index is 11.9. The first-order valence-corrected chi connectivity index (χ1v) is 6.97. The van der Waals surface area contributed by atoms with E-state index in [9.17, 15) is 9.59 Å². The quantitative estimate of drug-likeness (QED) is 0.746. The lowest BCUT2D eigenvalue weighted by atomic mass is 10.3. The van der Waals surface area contributed by atoms with Crippen molar-refractivity contribution in [3.63, 3.8) is 0 Å². The molecule has 0 aliphatic heterocycles. The number of amides is 1. The highest BCUT2D eigenvalue weighted by atomic mass is 127. The molecule has 0 spiro atoms. The summed E-state index contributed by atoms with van der Waals surface area (Å²) in [6.45, 7) is 3.65. The van der Waals surface area contributed by atoms with Crippen molar-refractivity contribution in [3.05, 3.63) is 27.8 Å². The third-order valence-electron chi connectivity index (χ3n) is 2.52. The van der Waals surface area contributed by atoms with Crippen LogP contribution >= 0.6 is 22.6 Å². The van der Waals surface area contributed by atoms with Crippen LogP contribution in [0.3, 0.4) is 0 Å². The van der Waals surface area contributed by atoms with Crippen LogP contribution in [0.1, 0.15) is 13.8 Å². The molecule has 1 aromatic rings. The van der Waals surface area contributed by atoms with Gasteiger partial charge in [-0.25, -0.2) is 0 Å². The topological polar surface area (TPSA) is 69.6 Å². The largest absolute Gasteiger partial charge is 0.480 e. The van der Waals surface area contributed by atoms with Crippen LogP contribution < -0.4 is 5.32 Å². The van der Waals surface area contributed by atoms with E-state index >= 15 is 0 Å². The van der Waals surface area contributed by atoms with Crippen LogP contribution in [0, 0.1) is 3.57 Å². The van der Waals surface area contributed by atoms with E-state index in [1.165, 1.54) is 0 Å². The average Bonchev–Trinajstić information content (AvgIpc) is 2.27. The molecule has 5 nitrogen and oxygen atoms in total. The lowest BCUT2D eigenvalue weighted by Gasteiger charge is -2.23. The monoisotopic (exact) mass is 376 g/mol. The van der Waals surface area contributed by atoms with Gasteiger partial charge in [0, 0.05) is 15.3 Å². The van der Waals surface area contributed by atoms with Gasteiger partial charge in [0.15, 0.2) is 0 Å². The van der Waals surface area contributed by atoms with Crippen LogP contribution in [0.4, 0.5) is 5.69 Å². The number of nitrogens with one attached hydrogen (secondary N) is 1. The molecule has 0 aliphatic carbocycles. The molecule has 0 heterocycles. The Morgan fingerprint density at radius 2 is 2.05 bits per heavy atom. The molecule has 0 atom stereocenters. The van der Waals surface area contributed by atoms with Gasteiger partial charge >= 0.3 is 5.97 Å². The maximum atomic E-state index is 11.9. The zero-order valence-electron chi connectivity index (χ0n) is 10.9. The normalized spacial score (nSPS) is 10.8. The number of carboxylic acid groups (broad SMARTS) is 1. The number of benzene rings is 1. The molecule has 0 fully saturated rings.